The standard InChI is InChI=1S/C14H20N2OS/c1-2-17-13-7-14(18-9-13)10-16(11-14)8-12-3-5-15-6-4-12/h3-6,13H,2,7-11H2,1H3. The third-order valence-corrected chi connectivity index (χ3v) is 5.33. The molecule has 1 unspecified atom stereocenters. The van der Waals surface area contributed by atoms with E-state index in [1.165, 1.54) is 30.8 Å². The van der Waals surface area contributed by atoms with Gasteiger partial charge < -0.3 is 4.74 Å². The molecule has 0 bridgehead atoms. The summed E-state index contributed by atoms with van der Waals surface area (Å²) in [5, 5.41) is 0. The Labute approximate surface area is 113 Å². The topological polar surface area (TPSA) is 25.4 Å². The summed E-state index contributed by atoms with van der Waals surface area (Å²) in [6.45, 7) is 6.42. The molecule has 0 amide bonds. The summed E-state index contributed by atoms with van der Waals surface area (Å²) in [6, 6.07) is 4.21. The molecule has 0 aromatic carbocycles. The van der Waals surface area contributed by atoms with E-state index >= 15 is 0 Å². The van der Waals surface area contributed by atoms with Gasteiger partial charge in [-0.3, -0.25) is 9.88 Å². The van der Waals surface area contributed by atoms with E-state index < -0.39 is 0 Å². The van der Waals surface area contributed by atoms with E-state index in [1.54, 1.807) is 0 Å². The van der Waals surface area contributed by atoms with Crippen LogP contribution in [0.5, 0.6) is 0 Å². The highest BCUT2D eigenvalue weighted by Crippen LogP contribution is 2.46. The van der Waals surface area contributed by atoms with E-state index in [2.05, 4.69) is 40.7 Å². The minimum absolute atomic E-state index is 0.489. The number of hydrogen-bond acceptors (Lipinski definition) is 4. The smallest absolute Gasteiger partial charge is 0.0679 e. The number of aromatic nitrogens is 1. The molecule has 3 heterocycles. The number of thioether (sulfide) groups is 1. The van der Waals surface area contributed by atoms with Crippen LogP contribution in [0.25, 0.3) is 0 Å². The molecule has 4 heteroatoms. The number of pyridine rings is 1. The molecule has 2 aliphatic heterocycles. The Morgan fingerprint density at radius 3 is 2.94 bits per heavy atom. The molecule has 3 rings (SSSR count). The van der Waals surface area contributed by atoms with Crippen LogP contribution < -0.4 is 0 Å². The predicted octanol–water partition coefficient (Wildman–Crippen LogP) is 2.18. The van der Waals surface area contributed by atoms with E-state index in [4.69, 9.17) is 4.74 Å². The quantitative estimate of drug-likeness (QED) is 0.832. The van der Waals surface area contributed by atoms with Gasteiger partial charge in [-0.25, -0.2) is 0 Å². The maximum Gasteiger partial charge on any atom is 0.0679 e. The Morgan fingerprint density at radius 2 is 2.22 bits per heavy atom. The summed E-state index contributed by atoms with van der Waals surface area (Å²) >= 11 is 2.11. The van der Waals surface area contributed by atoms with Crippen LogP contribution in [0.1, 0.15) is 18.9 Å². The predicted molar refractivity (Wildman–Crippen MR) is 74.7 cm³/mol. The van der Waals surface area contributed by atoms with Crippen molar-refractivity contribution in [1.82, 2.24) is 9.88 Å². The Balaban J connectivity index is 1.49. The Bertz CT molecular complexity index is 392. The number of nitrogens with zero attached hydrogens (tertiary/aromatic N) is 2. The molecule has 1 aromatic heterocycles. The maximum atomic E-state index is 5.74. The molecule has 2 aliphatic rings. The summed E-state index contributed by atoms with van der Waals surface area (Å²) in [6.07, 6.45) is 5.47. The highest BCUT2D eigenvalue weighted by Gasteiger charge is 2.48. The van der Waals surface area contributed by atoms with Crippen molar-refractivity contribution in [2.75, 3.05) is 25.4 Å². The first-order valence-corrected chi connectivity index (χ1v) is 7.65. The van der Waals surface area contributed by atoms with E-state index in [1.807, 2.05) is 12.4 Å². The van der Waals surface area contributed by atoms with Gasteiger partial charge in [-0.2, -0.15) is 0 Å². The van der Waals surface area contributed by atoms with Crippen LogP contribution >= 0.6 is 11.8 Å². The fourth-order valence-electron chi connectivity index (χ4n) is 2.99. The molecule has 3 nitrogen and oxygen atoms in total. The van der Waals surface area contributed by atoms with Crippen LogP contribution in [0.3, 0.4) is 0 Å². The molecule has 2 fully saturated rings. The molecule has 1 aromatic rings. The van der Waals surface area contributed by atoms with Crippen LogP contribution in [0.2, 0.25) is 0 Å². The number of likely N-dealkylation sites (tertiary alicyclic amines) is 1. The lowest BCUT2D eigenvalue weighted by Gasteiger charge is -2.47. The van der Waals surface area contributed by atoms with Gasteiger partial charge in [-0.1, -0.05) is 0 Å². The number of hydrogen-bond donors (Lipinski definition) is 0. The normalized spacial score (nSPS) is 26.4. The highest BCUT2D eigenvalue weighted by atomic mass is 32.2. The molecular formula is C14H20N2OS. The third kappa shape index (κ3) is 2.56. The second kappa shape index (κ2) is 5.19. The van der Waals surface area contributed by atoms with E-state index in [9.17, 15) is 0 Å². The Hall–Kier alpha value is -0.580. The van der Waals surface area contributed by atoms with Crippen LogP contribution in [-0.2, 0) is 11.3 Å². The van der Waals surface area contributed by atoms with Crippen molar-refractivity contribution in [2.45, 2.75) is 30.7 Å². The first-order chi connectivity index (χ1) is 8.80. The number of ether oxygens (including phenoxy) is 1. The molecule has 0 N–H and O–H groups in total. The lowest BCUT2D eigenvalue weighted by molar-refractivity contribution is 0.0417. The van der Waals surface area contributed by atoms with Crippen LogP contribution in [0, 0.1) is 0 Å². The van der Waals surface area contributed by atoms with Crippen molar-refractivity contribution in [3.63, 3.8) is 0 Å². The van der Waals surface area contributed by atoms with Crippen LogP contribution in [-0.4, -0.2) is 46.2 Å². The van der Waals surface area contributed by atoms with Gasteiger partial charge in [0.15, 0.2) is 0 Å². The van der Waals surface area contributed by atoms with Crippen molar-refractivity contribution >= 4 is 11.8 Å². The molecule has 98 valence electrons. The van der Waals surface area contributed by atoms with Crippen molar-refractivity contribution in [1.29, 1.82) is 0 Å². The zero-order valence-corrected chi connectivity index (χ0v) is 11.7. The molecular weight excluding hydrogens is 244 g/mol. The molecule has 1 atom stereocenters. The highest BCUT2D eigenvalue weighted by molar-refractivity contribution is 8.01. The first-order valence-electron chi connectivity index (χ1n) is 6.66. The van der Waals surface area contributed by atoms with E-state index in [0.29, 0.717) is 10.9 Å². The van der Waals surface area contributed by atoms with Crippen LogP contribution in [0.15, 0.2) is 24.5 Å². The molecule has 0 saturated carbocycles. The van der Waals surface area contributed by atoms with Crippen molar-refractivity contribution in [3.8, 4) is 0 Å². The molecule has 1 spiro atoms. The number of rotatable bonds is 4. The van der Waals surface area contributed by atoms with Gasteiger partial charge in [-0.05, 0) is 31.0 Å². The lowest BCUT2D eigenvalue weighted by atomic mass is 9.92. The van der Waals surface area contributed by atoms with Crippen molar-refractivity contribution in [3.05, 3.63) is 30.1 Å². The first kappa shape index (κ1) is 12.5. The second-order valence-corrected chi connectivity index (χ2v) is 6.76. The van der Waals surface area contributed by atoms with Crippen molar-refractivity contribution in [2.24, 2.45) is 0 Å². The average molecular weight is 264 g/mol. The summed E-state index contributed by atoms with van der Waals surface area (Å²) in [5.74, 6) is 1.18. The average Bonchev–Trinajstić information content (AvgIpc) is 2.75. The fraction of sp³-hybridized carbons (Fsp3) is 0.643. The molecule has 2 saturated heterocycles. The van der Waals surface area contributed by atoms with Gasteiger partial charge in [0.2, 0.25) is 0 Å². The largest absolute Gasteiger partial charge is 0.378 e. The summed E-state index contributed by atoms with van der Waals surface area (Å²) in [4.78, 5) is 6.58. The van der Waals surface area contributed by atoms with Gasteiger partial charge in [0.25, 0.3) is 0 Å². The summed E-state index contributed by atoms with van der Waals surface area (Å²) < 4.78 is 6.23. The van der Waals surface area contributed by atoms with Gasteiger partial charge in [-0.15, -0.1) is 11.8 Å². The van der Waals surface area contributed by atoms with E-state index in [-0.39, 0.29) is 0 Å². The zero-order chi connectivity index (χ0) is 12.4. The minimum Gasteiger partial charge on any atom is -0.378 e. The Kier molecular flexibility index (Phi) is 3.59. The Morgan fingerprint density at radius 1 is 1.44 bits per heavy atom. The molecule has 0 aliphatic carbocycles. The zero-order valence-electron chi connectivity index (χ0n) is 10.8. The lowest BCUT2D eigenvalue weighted by Crippen LogP contribution is -2.58. The van der Waals surface area contributed by atoms with Gasteiger partial charge in [0.05, 0.1) is 6.10 Å². The minimum atomic E-state index is 0.489. The third-order valence-electron chi connectivity index (χ3n) is 3.76. The van der Waals surface area contributed by atoms with Gasteiger partial charge in [0, 0.05) is 49.1 Å². The van der Waals surface area contributed by atoms with Crippen LogP contribution in [0.4, 0.5) is 0 Å². The summed E-state index contributed by atoms with van der Waals surface area (Å²) in [7, 11) is 0. The van der Waals surface area contributed by atoms with Gasteiger partial charge in [0.1, 0.15) is 0 Å². The summed E-state index contributed by atoms with van der Waals surface area (Å²) in [5.41, 5.74) is 1.37. The second-order valence-electron chi connectivity index (χ2n) is 5.28. The molecule has 18 heavy (non-hydrogen) atoms. The maximum absolute atomic E-state index is 5.74. The SMILES string of the molecule is CCOC1CSC2(C1)CN(Cc1ccncc1)C2. The van der Waals surface area contributed by atoms with Gasteiger partial charge >= 0.3 is 0 Å². The van der Waals surface area contributed by atoms with E-state index in [0.717, 1.165) is 13.2 Å². The molecule has 0 radical (unpaired) electrons. The van der Waals surface area contributed by atoms with Crippen molar-refractivity contribution < 1.29 is 4.74 Å². The monoisotopic (exact) mass is 264 g/mol. The fourth-order valence-corrected chi connectivity index (χ4v) is 4.60.